The number of imidazole rings is 1. The average molecular weight is 393 g/mol. The molecule has 0 atom stereocenters. The highest BCUT2D eigenvalue weighted by atomic mass is 35.5. The van der Waals surface area contributed by atoms with E-state index in [9.17, 15) is 0 Å². The van der Waals surface area contributed by atoms with Gasteiger partial charge in [0.1, 0.15) is 17.0 Å². The first kappa shape index (κ1) is 16.3. The number of hydrogen-bond acceptors (Lipinski definition) is 5. The quantitative estimate of drug-likeness (QED) is 0.335. The lowest BCUT2D eigenvalue weighted by Crippen LogP contribution is -1.97. The van der Waals surface area contributed by atoms with Crippen molar-refractivity contribution in [3.63, 3.8) is 0 Å². The third kappa shape index (κ3) is 3.05. The molecule has 0 N–H and O–H groups in total. The number of thioether (sulfide) groups is 1. The van der Waals surface area contributed by atoms with Crippen LogP contribution in [0, 0.1) is 0 Å². The molecule has 0 aliphatic rings. The fourth-order valence-electron chi connectivity index (χ4n) is 2.92. The molecule has 0 fully saturated rings. The number of rotatable bonds is 4. The van der Waals surface area contributed by atoms with Gasteiger partial charge in [0.05, 0.1) is 28.0 Å². The van der Waals surface area contributed by atoms with Crippen molar-refractivity contribution in [3.05, 3.63) is 78.1 Å². The van der Waals surface area contributed by atoms with Crippen LogP contribution in [0.2, 0.25) is 5.02 Å². The lowest BCUT2D eigenvalue weighted by molar-refractivity contribution is 0.893. The molecule has 0 amide bonds. The zero-order chi connectivity index (χ0) is 18.2. The monoisotopic (exact) mass is 392 g/mol. The summed E-state index contributed by atoms with van der Waals surface area (Å²) in [7, 11) is 0. The normalized spacial score (nSPS) is 11.4. The number of nitrogens with zero attached hydrogens (tertiary/aromatic N) is 6. The number of hydrogen-bond donors (Lipinski definition) is 0. The summed E-state index contributed by atoms with van der Waals surface area (Å²) in [6.45, 7) is 0. The number of para-hydroxylation sites is 1. The van der Waals surface area contributed by atoms with Crippen LogP contribution in [0.1, 0.15) is 5.69 Å². The van der Waals surface area contributed by atoms with E-state index in [1.54, 1.807) is 18.1 Å². The highest BCUT2D eigenvalue weighted by Gasteiger charge is 2.12. The summed E-state index contributed by atoms with van der Waals surface area (Å²) in [6, 6.07) is 13.7. The Labute approximate surface area is 163 Å². The molecule has 6 nitrogen and oxygen atoms in total. The molecule has 0 saturated heterocycles. The molecule has 0 spiro atoms. The third-order valence-electron chi connectivity index (χ3n) is 4.15. The van der Waals surface area contributed by atoms with Crippen LogP contribution in [-0.4, -0.2) is 29.1 Å². The summed E-state index contributed by atoms with van der Waals surface area (Å²) >= 11 is 7.66. The van der Waals surface area contributed by atoms with Crippen LogP contribution in [0.15, 0.2) is 72.4 Å². The second-order valence-corrected chi connectivity index (χ2v) is 7.34. The van der Waals surface area contributed by atoms with Crippen molar-refractivity contribution in [2.24, 2.45) is 0 Å². The molecule has 27 heavy (non-hydrogen) atoms. The Morgan fingerprint density at radius 2 is 1.89 bits per heavy atom. The van der Waals surface area contributed by atoms with E-state index < -0.39 is 0 Å². The summed E-state index contributed by atoms with van der Waals surface area (Å²) in [4.78, 5) is 13.5. The van der Waals surface area contributed by atoms with Gasteiger partial charge in [-0.1, -0.05) is 41.6 Å². The minimum atomic E-state index is 0.685. The number of fused-ring (bicyclic) bond motifs is 2. The van der Waals surface area contributed by atoms with Crippen LogP contribution in [-0.2, 0) is 5.75 Å². The van der Waals surface area contributed by atoms with E-state index >= 15 is 0 Å². The van der Waals surface area contributed by atoms with Crippen LogP contribution >= 0.6 is 23.4 Å². The standard InChI is InChI=1S/C19H13ClN6S/c20-13-6-7-17-24-14(10-25(17)9-13)11-27-19-16-8-23-26(18(16)21-12-22-19)15-4-2-1-3-5-15/h1-10,12H,11H2. The summed E-state index contributed by atoms with van der Waals surface area (Å²) in [5.41, 5.74) is 3.60. The Kier molecular flexibility index (Phi) is 4.03. The molecule has 5 rings (SSSR count). The van der Waals surface area contributed by atoms with Gasteiger partial charge in [-0.25, -0.2) is 19.6 Å². The van der Waals surface area contributed by atoms with Crippen LogP contribution in [0.5, 0.6) is 0 Å². The number of halogens is 1. The van der Waals surface area contributed by atoms with E-state index in [4.69, 9.17) is 11.6 Å². The number of benzene rings is 1. The summed E-state index contributed by atoms with van der Waals surface area (Å²) < 4.78 is 3.76. The number of pyridine rings is 1. The molecule has 0 bridgehead atoms. The molecule has 0 unspecified atom stereocenters. The SMILES string of the molecule is Clc1ccc2nc(CSc3ncnc4c3cnn4-c3ccccc3)cn2c1. The van der Waals surface area contributed by atoms with Crippen molar-refractivity contribution < 1.29 is 0 Å². The predicted octanol–water partition coefficient (Wildman–Crippen LogP) is 4.41. The van der Waals surface area contributed by atoms with Crippen LogP contribution in [0.4, 0.5) is 0 Å². The molecule has 0 radical (unpaired) electrons. The van der Waals surface area contributed by atoms with Crippen molar-refractivity contribution in [1.29, 1.82) is 0 Å². The Morgan fingerprint density at radius 1 is 1.00 bits per heavy atom. The van der Waals surface area contributed by atoms with Crippen molar-refractivity contribution in [3.8, 4) is 5.69 Å². The molecule has 0 saturated carbocycles. The minimum absolute atomic E-state index is 0.685. The first-order valence-corrected chi connectivity index (χ1v) is 9.64. The lowest BCUT2D eigenvalue weighted by Gasteiger charge is -2.03. The maximum absolute atomic E-state index is 6.04. The Bertz CT molecular complexity index is 1250. The van der Waals surface area contributed by atoms with E-state index in [1.165, 1.54) is 0 Å². The van der Waals surface area contributed by atoms with Crippen molar-refractivity contribution in [2.45, 2.75) is 10.8 Å². The smallest absolute Gasteiger partial charge is 0.167 e. The van der Waals surface area contributed by atoms with Gasteiger partial charge in [0.15, 0.2) is 5.65 Å². The van der Waals surface area contributed by atoms with Gasteiger partial charge in [-0.2, -0.15) is 5.10 Å². The van der Waals surface area contributed by atoms with E-state index in [1.807, 2.05) is 70.1 Å². The second kappa shape index (κ2) is 6.68. The van der Waals surface area contributed by atoms with Gasteiger partial charge in [0.2, 0.25) is 0 Å². The first-order chi connectivity index (χ1) is 13.3. The zero-order valence-corrected chi connectivity index (χ0v) is 15.6. The van der Waals surface area contributed by atoms with Crippen LogP contribution < -0.4 is 0 Å². The van der Waals surface area contributed by atoms with E-state index in [0.29, 0.717) is 10.8 Å². The summed E-state index contributed by atoms with van der Waals surface area (Å²) in [5, 5.41) is 6.99. The average Bonchev–Trinajstić information content (AvgIpc) is 3.30. The Hall–Kier alpha value is -2.90. The van der Waals surface area contributed by atoms with Gasteiger partial charge in [-0.05, 0) is 24.3 Å². The predicted molar refractivity (Wildman–Crippen MR) is 106 cm³/mol. The largest absolute Gasteiger partial charge is 0.305 e. The third-order valence-corrected chi connectivity index (χ3v) is 5.41. The molecular weight excluding hydrogens is 380 g/mol. The van der Waals surface area contributed by atoms with Crippen molar-refractivity contribution >= 4 is 40.0 Å². The highest BCUT2D eigenvalue weighted by molar-refractivity contribution is 7.98. The molecule has 8 heteroatoms. The van der Waals surface area contributed by atoms with Gasteiger partial charge in [-0.15, -0.1) is 0 Å². The van der Waals surface area contributed by atoms with Crippen molar-refractivity contribution in [2.75, 3.05) is 0 Å². The van der Waals surface area contributed by atoms with Crippen molar-refractivity contribution in [1.82, 2.24) is 29.1 Å². The Morgan fingerprint density at radius 3 is 2.78 bits per heavy atom. The first-order valence-electron chi connectivity index (χ1n) is 8.28. The van der Waals surface area contributed by atoms with Gasteiger partial charge in [0.25, 0.3) is 0 Å². The molecule has 1 aromatic carbocycles. The molecule has 4 heterocycles. The minimum Gasteiger partial charge on any atom is -0.305 e. The molecule has 0 aliphatic carbocycles. The maximum atomic E-state index is 6.04. The lowest BCUT2D eigenvalue weighted by atomic mass is 10.3. The summed E-state index contributed by atoms with van der Waals surface area (Å²) in [6.07, 6.45) is 7.23. The fraction of sp³-hybridized carbons (Fsp3) is 0.0526. The number of aromatic nitrogens is 6. The molecular formula is C19H13ClN6S. The highest BCUT2D eigenvalue weighted by Crippen LogP contribution is 2.28. The van der Waals surface area contributed by atoms with Crippen LogP contribution in [0.25, 0.3) is 22.4 Å². The second-order valence-electron chi connectivity index (χ2n) is 5.94. The zero-order valence-electron chi connectivity index (χ0n) is 14.0. The van der Waals surface area contributed by atoms with Gasteiger partial charge in [0, 0.05) is 18.1 Å². The summed E-state index contributed by atoms with van der Waals surface area (Å²) in [5.74, 6) is 0.696. The Balaban J connectivity index is 1.45. The van der Waals surface area contributed by atoms with Crippen LogP contribution in [0.3, 0.4) is 0 Å². The van der Waals surface area contributed by atoms with E-state index in [2.05, 4.69) is 20.1 Å². The van der Waals surface area contributed by atoms with Gasteiger partial charge in [-0.3, -0.25) is 0 Å². The fourth-order valence-corrected chi connectivity index (χ4v) is 3.94. The van der Waals surface area contributed by atoms with E-state index in [-0.39, 0.29) is 0 Å². The molecule has 5 aromatic rings. The van der Waals surface area contributed by atoms with Gasteiger partial charge < -0.3 is 4.40 Å². The topological polar surface area (TPSA) is 60.9 Å². The molecule has 4 aromatic heterocycles. The maximum Gasteiger partial charge on any atom is 0.167 e. The van der Waals surface area contributed by atoms with E-state index in [0.717, 1.165) is 33.1 Å². The molecule has 132 valence electrons. The van der Waals surface area contributed by atoms with Gasteiger partial charge >= 0.3 is 0 Å². The molecule has 0 aliphatic heterocycles.